The topological polar surface area (TPSA) is 72.2 Å². The lowest BCUT2D eigenvalue weighted by atomic mass is 10.4. The molecule has 0 aliphatic carbocycles. The number of rotatable bonds is 7. The third-order valence-electron chi connectivity index (χ3n) is 1.29. The van der Waals surface area contributed by atoms with E-state index in [2.05, 4.69) is 5.32 Å². The fourth-order valence-electron chi connectivity index (χ4n) is 0.690. The van der Waals surface area contributed by atoms with Gasteiger partial charge in [0.15, 0.2) is 0 Å². The van der Waals surface area contributed by atoms with Crippen LogP contribution in [0.2, 0.25) is 0 Å². The van der Waals surface area contributed by atoms with Gasteiger partial charge in [-0.05, 0) is 6.42 Å². The summed E-state index contributed by atoms with van der Waals surface area (Å²) in [4.78, 5) is 21.3. The molecule has 0 bridgehead atoms. The van der Waals surface area contributed by atoms with Crippen molar-refractivity contribution in [2.75, 3.05) is 18.1 Å². The Labute approximate surface area is 82.6 Å². The van der Waals surface area contributed by atoms with Crippen molar-refractivity contribution in [3.63, 3.8) is 0 Å². The molecule has 5 heteroatoms. The first-order valence-electron chi connectivity index (χ1n) is 4.29. The molecule has 0 aliphatic heterocycles. The number of hydrogen-bond donors (Lipinski definition) is 2. The lowest BCUT2D eigenvalue weighted by molar-refractivity contribution is -0.120. The molecule has 0 aromatic rings. The van der Waals surface area contributed by atoms with Gasteiger partial charge in [-0.2, -0.15) is 11.8 Å². The van der Waals surface area contributed by atoms with Gasteiger partial charge in [-0.25, -0.2) is 0 Å². The average molecular weight is 204 g/mol. The van der Waals surface area contributed by atoms with Gasteiger partial charge in [-0.1, -0.05) is 6.92 Å². The summed E-state index contributed by atoms with van der Waals surface area (Å²) in [5, 5.41) is 2.75. The maximum absolute atomic E-state index is 11.0. The highest BCUT2D eigenvalue weighted by atomic mass is 32.2. The molecule has 0 aromatic carbocycles. The molecule has 0 aromatic heterocycles. The first kappa shape index (κ1) is 12.3. The maximum Gasteiger partial charge on any atom is 0.227 e. The van der Waals surface area contributed by atoms with E-state index in [1.807, 2.05) is 6.92 Å². The van der Waals surface area contributed by atoms with E-state index in [4.69, 9.17) is 5.73 Å². The number of nitrogens with one attached hydrogen (secondary N) is 1. The number of thioether (sulfide) groups is 1. The number of carbonyl (C=O) groups excluding carboxylic acids is 2. The van der Waals surface area contributed by atoms with Crippen LogP contribution >= 0.6 is 11.8 Å². The number of hydrogen-bond acceptors (Lipinski definition) is 3. The third kappa shape index (κ3) is 9.20. The number of primary amides is 1. The molecule has 2 amide bonds. The average Bonchev–Trinajstić information content (AvgIpc) is 2.08. The minimum Gasteiger partial charge on any atom is -0.369 e. The molecule has 0 aliphatic rings. The number of carbonyl (C=O) groups is 2. The molecule has 0 unspecified atom stereocenters. The minimum absolute atomic E-state index is 0.0406. The smallest absolute Gasteiger partial charge is 0.227 e. The Morgan fingerprint density at radius 2 is 2.15 bits per heavy atom. The van der Waals surface area contributed by atoms with Gasteiger partial charge in [-0.15, -0.1) is 0 Å². The van der Waals surface area contributed by atoms with E-state index < -0.39 is 0 Å². The van der Waals surface area contributed by atoms with Crippen molar-refractivity contribution in [1.29, 1.82) is 0 Å². The second-order valence-electron chi connectivity index (χ2n) is 2.62. The molecule has 0 rings (SSSR count). The normalized spacial score (nSPS) is 9.62. The Hall–Kier alpha value is -0.710. The highest BCUT2D eigenvalue weighted by Crippen LogP contribution is 2.00. The summed E-state index contributed by atoms with van der Waals surface area (Å²) in [6, 6.07) is 0. The van der Waals surface area contributed by atoms with Gasteiger partial charge in [-0.3, -0.25) is 9.59 Å². The van der Waals surface area contributed by atoms with Gasteiger partial charge in [0.2, 0.25) is 11.8 Å². The van der Waals surface area contributed by atoms with Crippen LogP contribution in [0.1, 0.15) is 19.8 Å². The van der Waals surface area contributed by atoms with Crippen molar-refractivity contribution >= 4 is 23.6 Å². The van der Waals surface area contributed by atoms with E-state index in [9.17, 15) is 9.59 Å². The predicted octanol–water partition coefficient (Wildman–Crippen LogP) is 0.121. The van der Waals surface area contributed by atoms with Crippen LogP contribution in [0.3, 0.4) is 0 Å². The Bertz CT molecular complexity index is 174. The molecule has 0 saturated carbocycles. The summed E-state index contributed by atoms with van der Waals surface area (Å²) in [6.07, 6.45) is 1.40. The molecule has 13 heavy (non-hydrogen) atoms. The van der Waals surface area contributed by atoms with Crippen LogP contribution in [0.4, 0.5) is 0 Å². The van der Waals surface area contributed by atoms with Crippen molar-refractivity contribution in [2.45, 2.75) is 19.8 Å². The fraction of sp³-hybridized carbons (Fsp3) is 0.750. The van der Waals surface area contributed by atoms with Crippen LogP contribution < -0.4 is 11.1 Å². The van der Waals surface area contributed by atoms with E-state index in [0.717, 1.165) is 13.0 Å². The molecule has 0 spiro atoms. The zero-order valence-electron chi connectivity index (χ0n) is 7.84. The molecule has 0 heterocycles. The van der Waals surface area contributed by atoms with Crippen molar-refractivity contribution in [3.8, 4) is 0 Å². The standard InChI is InChI=1S/C8H16N2O2S/c1-2-4-10-8(12)3-5-13-6-7(9)11/h2-6H2,1H3,(H2,9,11)(H,10,12). The summed E-state index contributed by atoms with van der Waals surface area (Å²) in [6.45, 7) is 2.72. The predicted molar refractivity (Wildman–Crippen MR) is 54.4 cm³/mol. The molecule has 0 saturated heterocycles. The fourth-order valence-corrected chi connectivity index (χ4v) is 1.37. The summed E-state index contributed by atoms with van der Waals surface area (Å²) in [7, 11) is 0. The Morgan fingerprint density at radius 3 is 2.69 bits per heavy atom. The van der Waals surface area contributed by atoms with Crippen LogP contribution in [-0.2, 0) is 9.59 Å². The molecule has 76 valence electrons. The SMILES string of the molecule is CCCNC(=O)CCSCC(N)=O. The molecule has 4 nitrogen and oxygen atoms in total. The first-order chi connectivity index (χ1) is 6.16. The van der Waals surface area contributed by atoms with Gasteiger partial charge in [0.25, 0.3) is 0 Å². The Balaban J connectivity index is 3.22. The molecule has 0 fully saturated rings. The van der Waals surface area contributed by atoms with E-state index >= 15 is 0 Å². The van der Waals surface area contributed by atoms with Crippen molar-refractivity contribution in [3.05, 3.63) is 0 Å². The van der Waals surface area contributed by atoms with E-state index in [0.29, 0.717) is 17.9 Å². The largest absolute Gasteiger partial charge is 0.369 e. The number of amides is 2. The van der Waals surface area contributed by atoms with E-state index in [-0.39, 0.29) is 11.8 Å². The monoisotopic (exact) mass is 204 g/mol. The van der Waals surface area contributed by atoms with Crippen molar-refractivity contribution in [2.24, 2.45) is 5.73 Å². The van der Waals surface area contributed by atoms with Gasteiger partial charge in [0.05, 0.1) is 5.75 Å². The second kappa shape index (κ2) is 7.91. The zero-order valence-corrected chi connectivity index (χ0v) is 8.65. The van der Waals surface area contributed by atoms with E-state index in [1.54, 1.807) is 0 Å². The molecule has 3 N–H and O–H groups in total. The van der Waals surface area contributed by atoms with Gasteiger partial charge >= 0.3 is 0 Å². The van der Waals surface area contributed by atoms with Gasteiger partial charge in [0.1, 0.15) is 0 Å². The van der Waals surface area contributed by atoms with Crippen molar-refractivity contribution < 1.29 is 9.59 Å². The molecular weight excluding hydrogens is 188 g/mol. The highest BCUT2D eigenvalue weighted by molar-refractivity contribution is 7.99. The van der Waals surface area contributed by atoms with Crippen LogP contribution in [0.5, 0.6) is 0 Å². The number of nitrogens with two attached hydrogens (primary N) is 1. The molecular formula is C8H16N2O2S. The van der Waals surface area contributed by atoms with Gasteiger partial charge < -0.3 is 11.1 Å². The van der Waals surface area contributed by atoms with Crippen LogP contribution in [-0.4, -0.2) is 29.9 Å². The lowest BCUT2D eigenvalue weighted by Gasteiger charge is -2.01. The molecule has 0 atom stereocenters. The summed E-state index contributed by atoms with van der Waals surface area (Å²) in [5.41, 5.74) is 4.93. The Morgan fingerprint density at radius 1 is 1.46 bits per heavy atom. The van der Waals surface area contributed by atoms with Crippen molar-refractivity contribution in [1.82, 2.24) is 5.32 Å². The van der Waals surface area contributed by atoms with Crippen LogP contribution in [0.25, 0.3) is 0 Å². The maximum atomic E-state index is 11.0. The lowest BCUT2D eigenvalue weighted by Crippen LogP contribution is -2.24. The zero-order chi connectivity index (χ0) is 10.1. The second-order valence-corrected chi connectivity index (χ2v) is 3.72. The van der Waals surface area contributed by atoms with Gasteiger partial charge in [0, 0.05) is 18.7 Å². The Kier molecular flexibility index (Phi) is 7.48. The summed E-state index contributed by atoms with van der Waals surface area (Å²) >= 11 is 1.39. The van der Waals surface area contributed by atoms with Crippen LogP contribution in [0.15, 0.2) is 0 Å². The van der Waals surface area contributed by atoms with Crippen LogP contribution in [0, 0.1) is 0 Å². The third-order valence-corrected chi connectivity index (χ3v) is 2.27. The minimum atomic E-state index is -0.334. The summed E-state index contributed by atoms with van der Waals surface area (Å²) in [5.74, 6) is 0.650. The highest BCUT2D eigenvalue weighted by Gasteiger charge is 2.00. The first-order valence-corrected chi connectivity index (χ1v) is 5.45. The van der Waals surface area contributed by atoms with E-state index in [1.165, 1.54) is 11.8 Å². The quantitative estimate of drug-likeness (QED) is 0.579. The summed E-state index contributed by atoms with van der Waals surface area (Å²) < 4.78 is 0. The molecule has 0 radical (unpaired) electrons.